The third-order valence-corrected chi connectivity index (χ3v) is 5.31. The number of hydrogen-bond acceptors (Lipinski definition) is 10. The molecule has 41 heavy (non-hydrogen) atoms. The summed E-state index contributed by atoms with van der Waals surface area (Å²) < 4.78 is 53.9. The van der Waals surface area contributed by atoms with E-state index >= 15 is 0 Å². The van der Waals surface area contributed by atoms with E-state index in [4.69, 9.17) is 14.2 Å². The molecule has 0 saturated heterocycles. The highest BCUT2D eigenvalue weighted by Gasteiger charge is 2.33. The normalized spacial score (nSPS) is 12.4. The zero-order chi connectivity index (χ0) is 30.2. The van der Waals surface area contributed by atoms with Gasteiger partial charge in [0.1, 0.15) is 30.7 Å². The summed E-state index contributed by atoms with van der Waals surface area (Å²) in [6.07, 6.45) is -1.53. The van der Waals surface area contributed by atoms with E-state index in [1.165, 1.54) is 39.0 Å². The fourth-order valence-corrected chi connectivity index (χ4v) is 3.18. The molecule has 0 amide bonds. The van der Waals surface area contributed by atoms with Crippen LogP contribution in [0.1, 0.15) is 49.8 Å². The maximum atomic E-state index is 12.9. The van der Waals surface area contributed by atoms with E-state index in [2.05, 4.69) is 26.7 Å². The van der Waals surface area contributed by atoms with Crippen LogP contribution in [0.5, 0.6) is 0 Å². The standard InChI is InChI=1S/C27H25F3N6O5/c1-5-13-39-24(37)26(3,4)16-40-25(38)41-17(2)36-34-20(15-31)23(35-36)19-8-6-7-18(14-19)9-10-22-32-12-11-21(33-22)27(28,29)30/h5-12,14,17H,1,13,16H2,2-4H3. The Morgan fingerprint density at radius 1 is 1.17 bits per heavy atom. The van der Waals surface area contributed by atoms with Crippen LogP contribution in [0.4, 0.5) is 18.0 Å². The summed E-state index contributed by atoms with van der Waals surface area (Å²) in [6, 6.07) is 9.32. The summed E-state index contributed by atoms with van der Waals surface area (Å²) in [5, 5.41) is 17.9. The third kappa shape index (κ3) is 8.21. The van der Waals surface area contributed by atoms with Gasteiger partial charge in [-0.15, -0.1) is 15.0 Å². The number of alkyl halides is 3. The van der Waals surface area contributed by atoms with Crippen molar-refractivity contribution in [3.63, 3.8) is 0 Å². The minimum Gasteiger partial charge on any atom is -0.461 e. The lowest BCUT2D eigenvalue weighted by molar-refractivity contribution is -0.155. The van der Waals surface area contributed by atoms with E-state index in [-0.39, 0.29) is 30.4 Å². The molecule has 11 nitrogen and oxygen atoms in total. The monoisotopic (exact) mass is 570 g/mol. The summed E-state index contributed by atoms with van der Waals surface area (Å²) >= 11 is 0. The van der Waals surface area contributed by atoms with Crippen molar-refractivity contribution in [1.29, 1.82) is 5.26 Å². The van der Waals surface area contributed by atoms with Gasteiger partial charge in [0.15, 0.2) is 11.5 Å². The molecule has 0 radical (unpaired) electrons. The molecule has 0 N–H and O–H groups in total. The molecule has 2 aromatic heterocycles. The maximum Gasteiger partial charge on any atom is 0.510 e. The molecule has 1 unspecified atom stereocenters. The van der Waals surface area contributed by atoms with Gasteiger partial charge in [-0.3, -0.25) is 4.79 Å². The van der Waals surface area contributed by atoms with Crippen LogP contribution in [-0.2, 0) is 25.2 Å². The van der Waals surface area contributed by atoms with E-state index in [1.807, 2.05) is 6.07 Å². The van der Waals surface area contributed by atoms with Crippen molar-refractivity contribution in [3.05, 3.63) is 72.0 Å². The average molecular weight is 571 g/mol. The van der Waals surface area contributed by atoms with Gasteiger partial charge in [0, 0.05) is 11.8 Å². The average Bonchev–Trinajstić information content (AvgIpc) is 3.38. The molecule has 3 rings (SSSR count). The summed E-state index contributed by atoms with van der Waals surface area (Å²) in [5.74, 6) is -0.724. The van der Waals surface area contributed by atoms with Gasteiger partial charge < -0.3 is 14.2 Å². The van der Waals surface area contributed by atoms with Gasteiger partial charge in [0.05, 0.1) is 5.41 Å². The van der Waals surface area contributed by atoms with Crippen LogP contribution < -0.4 is 0 Å². The number of aromatic nitrogens is 5. The summed E-state index contributed by atoms with van der Waals surface area (Å²) in [6.45, 7) is 7.67. The van der Waals surface area contributed by atoms with Crippen LogP contribution >= 0.6 is 0 Å². The first-order valence-corrected chi connectivity index (χ1v) is 12.0. The maximum absolute atomic E-state index is 12.9. The van der Waals surface area contributed by atoms with Crippen LogP contribution in [0.25, 0.3) is 23.4 Å². The Hall–Kier alpha value is -5.06. The highest BCUT2D eigenvalue weighted by atomic mass is 19.4. The molecule has 0 spiro atoms. The topological polar surface area (TPSA) is 142 Å². The Morgan fingerprint density at radius 2 is 1.93 bits per heavy atom. The molecule has 1 aromatic carbocycles. The molecular formula is C27H25F3N6O5. The number of carbonyl (C=O) groups excluding carboxylic acids is 2. The van der Waals surface area contributed by atoms with Gasteiger partial charge >= 0.3 is 18.3 Å². The predicted octanol–water partition coefficient (Wildman–Crippen LogP) is 5.22. The lowest BCUT2D eigenvalue weighted by Crippen LogP contribution is -2.33. The van der Waals surface area contributed by atoms with Crippen LogP contribution in [-0.4, -0.2) is 50.3 Å². The number of nitrogens with zero attached hydrogens (tertiary/aromatic N) is 6. The molecule has 0 saturated carbocycles. The van der Waals surface area contributed by atoms with Crippen LogP contribution in [0.15, 0.2) is 49.2 Å². The van der Waals surface area contributed by atoms with Crippen molar-refractivity contribution in [1.82, 2.24) is 25.0 Å². The number of rotatable bonds is 10. The third-order valence-electron chi connectivity index (χ3n) is 5.31. The molecule has 2 heterocycles. The van der Waals surface area contributed by atoms with E-state index in [1.54, 1.807) is 24.3 Å². The largest absolute Gasteiger partial charge is 0.510 e. The molecule has 3 aromatic rings. The highest BCUT2D eigenvalue weighted by molar-refractivity contribution is 5.76. The number of esters is 1. The lowest BCUT2D eigenvalue weighted by atomic mass is 9.95. The van der Waals surface area contributed by atoms with Gasteiger partial charge in [-0.05, 0) is 44.5 Å². The van der Waals surface area contributed by atoms with Crippen molar-refractivity contribution in [2.45, 2.75) is 33.2 Å². The second kappa shape index (κ2) is 12.9. The molecule has 0 aliphatic heterocycles. The Morgan fingerprint density at radius 3 is 2.61 bits per heavy atom. The molecule has 0 aliphatic carbocycles. The SMILES string of the molecule is C=CCOC(=O)C(C)(C)COC(=O)OC(C)n1nc(C#N)c(-c2cccc(C=Cc3nccc(C(F)(F)F)n3)c2)n1. The smallest absolute Gasteiger partial charge is 0.461 e. The second-order valence-electron chi connectivity index (χ2n) is 9.11. The van der Waals surface area contributed by atoms with Crippen molar-refractivity contribution in [2.75, 3.05) is 13.2 Å². The van der Waals surface area contributed by atoms with Gasteiger partial charge in [0.25, 0.3) is 0 Å². The number of ether oxygens (including phenoxy) is 3. The molecule has 0 fully saturated rings. The Balaban J connectivity index is 1.71. The zero-order valence-electron chi connectivity index (χ0n) is 22.3. The first-order valence-electron chi connectivity index (χ1n) is 12.0. The summed E-state index contributed by atoms with van der Waals surface area (Å²) in [5.41, 5.74) is -1.07. The Kier molecular flexibility index (Phi) is 9.56. The number of carbonyl (C=O) groups is 2. The van der Waals surface area contributed by atoms with E-state index in [0.717, 1.165) is 17.1 Å². The second-order valence-corrected chi connectivity index (χ2v) is 9.11. The van der Waals surface area contributed by atoms with E-state index < -0.39 is 35.6 Å². The lowest BCUT2D eigenvalue weighted by Gasteiger charge is -2.22. The van der Waals surface area contributed by atoms with Gasteiger partial charge in [0.2, 0.25) is 6.23 Å². The van der Waals surface area contributed by atoms with Gasteiger partial charge in [-0.2, -0.15) is 18.4 Å². The van der Waals surface area contributed by atoms with E-state index in [0.29, 0.717) is 11.1 Å². The van der Waals surface area contributed by atoms with Crippen molar-refractivity contribution < 1.29 is 37.0 Å². The van der Waals surface area contributed by atoms with Crippen molar-refractivity contribution >= 4 is 24.3 Å². The fraction of sp³-hybridized carbons (Fsp3) is 0.296. The van der Waals surface area contributed by atoms with Crippen LogP contribution in [0, 0.1) is 16.7 Å². The van der Waals surface area contributed by atoms with E-state index in [9.17, 15) is 28.0 Å². The fourth-order valence-electron chi connectivity index (χ4n) is 3.18. The molecule has 0 bridgehead atoms. The summed E-state index contributed by atoms with van der Waals surface area (Å²) in [4.78, 5) is 32.6. The molecular weight excluding hydrogens is 545 g/mol. The van der Waals surface area contributed by atoms with Gasteiger partial charge in [-0.1, -0.05) is 36.9 Å². The first kappa shape index (κ1) is 30.5. The number of nitriles is 1. The highest BCUT2D eigenvalue weighted by Crippen LogP contribution is 2.27. The van der Waals surface area contributed by atoms with Crippen molar-refractivity contribution in [2.24, 2.45) is 5.41 Å². The molecule has 214 valence electrons. The first-order chi connectivity index (χ1) is 19.3. The molecule has 0 aliphatic rings. The summed E-state index contributed by atoms with van der Waals surface area (Å²) in [7, 11) is 0. The Labute approximate surface area is 232 Å². The van der Waals surface area contributed by atoms with Crippen LogP contribution in [0.3, 0.4) is 0 Å². The Bertz CT molecular complexity index is 1490. The minimum absolute atomic E-state index is 0.0156. The minimum atomic E-state index is -4.60. The number of halogens is 3. The molecule has 1 atom stereocenters. The number of hydrogen-bond donors (Lipinski definition) is 0. The quantitative estimate of drug-likeness (QED) is 0.235. The predicted molar refractivity (Wildman–Crippen MR) is 138 cm³/mol. The molecule has 14 heteroatoms. The van der Waals surface area contributed by atoms with Crippen LogP contribution in [0.2, 0.25) is 0 Å². The van der Waals surface area contributed by atoms with Crippen molar-refractivity contribution in [3.8, 4) is 17.3 Å². The van der Waals surface area contributed by atoms with Gasteiger partial charge in [-0.25, -0.2) is 14.8 Å². The number of benzene rings is 1. The zero-order valence-corrected chi connectivity index (χ0v) is 22.3.